The van der Waals surface area contributed by atoms with Gasteiger partial charge < -0.3 is 10.1 Å². The molecule has 0 saturated carbocycles. The van der Waals surface area contributed by atoms with E-state index in [4.69, 9.17) is 4.74 Å². The zero-order chi connectivity index (χ0) is 18.5. The van der Waals surface area contributed by atoms with Crippen LogP contribution in [0.1, 0.15) is 38.7 Å². The van der Waals surface area contributed by atoms with Gasteiger partial charge in [0.15, 0.2) is 6.10 Å². The van der Waals surface area contributed by atoms with Gasteiger partial charge in [-0.05, 0) is 46.9 Å². The van der Waals surface area contributed by atoms with Crippen LogP contribution in [0.15, 0.2) is 66.7 Å². The molecule has 0 aromatic heterocycles. The third-order valence-corrected chi connectivity index (χ3v) is 4.50. The fourth-order valence-corrected chi connectivity index (χ4v) is 3.05. The fourth-order valence-electron chi connectivity index (χ4n) is 3.05. The molecule has 3 nitrogen and oxygen atoms in total. The zero-order valence-electron chi connectivity index (χ0n) is 15.5. The fraction of sp³-hybridized carbons (Fsp3) is 0.261. The molecule has 0 heterocycles. The Morgan fingerprint density at radius 1 is 0.962 bits per heavy atom. The van der Waals surface area contributed by atoms with Crippen LogP contribution in [0.25, 0.3) is 10.8 Å². The molecule has 134 valence electrons. The average Bonchev–Trinajstić information content (AvgIpc) is 2.66. The lowest BCUT2D eigenvalue weighted by Crippen LogP contribution is -2.32. The van der Waals surface area contributed by atoms with Crippen LogP contribution < -0.4 is 10.1 Å². The lowest BCUT2D eigenvalue weighted by atomic mass is 10.0. The highest BCUT2D eigenvalue weighted by Crippen LogP contribution is 2.25. The first-order valence-corrected chi connectivity index (χ1v) is 9.13. The average molecular weight is 347 g/mol. The number of ether oxygens (including phenoxy) is 1. The van der Waals surface area contributed by atoms with Crippen molar-refractivity contribution in [3.63, 3.8) is 0 Å². The highest BCUT2D eigenvalue weighted by atomic mass is 16.5. The number of carbonyl (C=O) groups excluding carboxylic acids is 1. The maximum absolute atomic E-state index is 12.8. The predicted molar refractivity (Wildman–Crippen MR) is 108 cm³/mol. The van der Waals surface area contributed by atoms with E-state index in [-0.39, 0.29) is 5.91 Å². The Labute approximate surface area is 155 Å². The Hall–Kier alpha value is -2.81. The van der Waals surface area contributed by atoms with Gasteiger partial charge in [0.1, 0.15) is 5.75 Å². The molecule has 1 N–H and O–H groups in total. The summed E-state index contributed by atoms with van der Waals surface area (Å²) >= 11 is 0. The van der Waals surface area contributed by atoms with Crippen LogP contribution in [-0.2, 0) is 4.79 Å². The summed E-state index contributed by atoms with van der Waals surface area (Å²) in [5.41, 5.74) is 1.98. The summed E-state index contributed by atoms with van der Waals surface area (Å²) in [5.74, 6) is 0.935. The zero-order valence-corrected chi connectivity index (χ0v) is 15.5. The quantitative estimate of drug-likeness (QED) is 0.616. The molecule has 3 aromatic carbocycles. The number of amides is 1. The molecule has 1 atom stereocenters. The number of rotatable bonds is 6. The summed E-state index contributed by atoms with van der Waals surface area (Å²) in [6.07, 6.45) is 0.0686. The lowest BCUT2D eigenvalue weighted by Gasteiger charge is -2.19. The van der Waals surface area contributed by atoms with E-state index in [9.17, 15) is 4.79 Å². The monoisotopic (exact) mass is 347 g/mol. The lowest BCUT2D eigenvalue weighted by molar-refractivity contribution is -0.122. The molecule has 3 heteroatoms. The largest absolute Gasteiger partial charge is 0.481 e. The van der Waals surface area contributed by atoms with Crippen molar-refractivity contribution < 1.29 is 9.53 Å². The molecule has 0 saturated heterocycles. The molecule has 0 spiro atoms. The number of anilines is 1. The SMILES string of the molecule is CC[C@H](Oc1ccc2ccccc2c1)C(=O)Nc1ccccc1C(C)C. The maximum Gasteiger partial charge on any atom is 0.265 e. The molecular formula is C23H25NO2. The van der Waals surface area contributed by atoms with Crippen molar-refractivity contribution in [3.05, 3.63) is 72.3 Å². The van der Waals surface area contributed by atoms with E-state index in [0.717, 1.165) is 22.0 Å². The molecule has 0 unspecified atom stereocenters. The molecule has 1 amide bonds. The number of fused-ring (bicyclic) bond motifs is 1. The second-order valence-electron chi connectivity index (χ2n) is 6.75. The standard InChI is InChI=1S/C23H25NO2/c1-4-22(23(25)24-21-12-8-7-11-20(21)16(2)3)26-19-14-13-17-9-5-6-10-18(17)15-19/h5-16,22H,4H2,1-3H3,(H,24,25)/t22-/m0/s1. The minimum atomic E-state index is -0.531. The van der Waals surface area contributed by atoms with Crippen LogP contribution in [0.2, 0.25) is 0 Å². The van der Waals surface area contributed by atoms with Crippen molar-refractivity contribution in [2.75, 3.05) is 5.32 Å². The third kappa shape index (κ3) is 4.05. The Balaban J connectivity index is 1.76. The molecule has 26 heavy (non-hydrogen) atoms. The summed E-state index contributed by atoms with van der Waals surface area (Å²) in [5, 5.41) is 5.29. The topological polar surface area (TPSA) is 38.3 Å². The van der Waals surface area contributed by atoms with Crippen molar-refractivity contribution in [1.29, 1.82) is 0 Å². The highest BCUT2D eigenvalue weighted by Gasteiger charge is 2.20. The van der Waals surface area contributed by atoms with E-state index >= 15 is 0 Å². The first-order chi connectivity index (χ1) is 12.6. The molecule has 3 aromatic rings. The van der Waals surface area contributed by atoms with Crippen LogP contribution in [0, 0.1) is 0 Å². The number of para-hydroxylation sites is 1. The minimum Gasteiger partial charge on any atom is -0.481 e. The summed E-state index contributed by atoms with van der Waals surface area (Å²) < 4.78 is 5.99. The van der Waals surface area contributed by atoms with Gasteiger partial charge in [-0.15, -0.1) is 0 Å². The Kier molecular flexibility index (Phi) is 5.57. The molecular weight excluding hydrogens is 322 g/mol. The molecule has 3 rings (SSSR count). The van der Waals surface area contributed by atoms with Crippen molar-refractivity contribution in [2.24, 2.45) is 0 Å². The molecule has 0 aliphatic heterocycles. The summed E-state index contributed by atoms with van der Waals surface area (Å²) in [6.45, 7) is 6.20. The van der Waals surface area contributed by atoms with Crippen LogP contribution in [0.5, 0.6) is 5.75 Å². The number of benzene rings is 3. The van der Waals surface area contributed by atoms with E-state index in [1.165, 1.54) is 0 Å². The number of hydrogen-bond donors (Lipinski definition) is 1. The van der Waals surface area contributed by atoms with E-state index in [1.54, 1.807) is 0 Å². The van der Waals surface area contributed by atoms with Gasteiger partial charge in [-0.2, -0.15) is 0 Å². The minimum absolute atomic E-state index is 0.117. The van der Waals surface area contributed by atoms with Gasteiger partial charge >= 0.3 is 0 Å². The summed E-state index contributed by atoms with van der Waals surface area (Å²) in [7, 11) is 0. The van der Waals surface area contributed by atoms with Crippen molar-refractivity contribution in [3.8, 4) is 5.75 Å². The van der Waals surface area contributed by atoms with Crippen LogP contribution in [0.3, 0.4) is 0 Å². The normalized spacial score (nSPS) is 12.2. The van der Waals surface area contributed by atoms with Gasteiger partial charge in [-0.3, -0.25) is 4.79 Å². The first kappa shape index (κ1) is 18.0. The van der Waals surface area contributed by atoms with E-state index < -0.39 is 6.10 Å². The Morgan fingerprint density at radius 2 is 1.65 bits per heavy atom. The summed E-state index contributed by atoms with van der Waals surface area (Å²) in [4.78, 5) is 12.8. The third-order valence-electron chi connectivity index (χ3n) is 4.50. The smallest absolute Gasteiger partial charge is 0.265 e. The van der Waals surface area contributed by atoms with Crippen molar-refractivity contribution >= 4 is 22.4 Å². The molecule has 0 fully saturated rings. The Bertz CT molecular complexity index is 901. The second kappa shape index (κ2) is 8.05. The summed E-state index contributed by atoms with van der Waals surface area (Å²) in [6, 6.07) is 21.9. The van der Waals surface area contributed by atoms with Gasteiger partial charge in [0.2, 0.25) is 0 Å². The number of carbonyl (C=O) groups is 1. The van der Waals surface area contributed by atoms with Gasteiger partial charge in [0, 0.05) is 5.69 Å². The van der Waals surface area contributed by atoms with E-state index in [1.807, 2.05) is 67.6 Å². The molecule has 0 bridgehead atoms. The van der Waals surface area contributed by atoms with Crippen molar-refractivity contribution in [2.45, 2.75) is 39.2 Å². The second-order valence-corrected chi connectivity index (χ2v) is 6.75. The number of nitrogens with one attached hydrogen (secondary N) is 1. The molecule has 0 radical (unpaired) electrons. The van der Waals surface area contributed by atoms with Gasteiger partial charge in [0.25, 0.3) is 5.91 Å². The number of hydrogen-bond acceptors (Lipinski definition) is 2. The first-order valence-electron chi connectivity index (χ1n) is 9.13. The predicted octanol–water partition coefficient (Wildman–Crippen LogP) is 5.76. The van der Waals surface area contributed by atoms with E-state index in [0.29, 0.717) is 18.1 Å². The van der Waals surface area contributed by atoms with Crippen LogP contribution in [-0.4, -0.2) is 12.0 Å². The molecule has 0 aliphatic rings. The van der Waals surface area contributed by atoms with Gasteiger partial charge in [-0.25, -0.2) is 0 Å². The Morgan fingerprint density at radius 3 is 2.38 bits per heavy atom. The van der Waals surface area contributed by atoms with Crippen LogP contribution in [0.4, 0.5) is 5.69 Å². The molecule has 0 aliphatic carbocycles. The van der Waals surface area contributed by atoms with E-state index in [2.05, 4.69) is 25.2 Å². The van der Waals surface area contributed by atoms with Gasteiger partial charge in [-0.1, -0.05) is 69.3 Å². The van der Waals surface area contributed by atoms with Crippen LogP contribution >= 0.6 is 0 Å². The van der Waals surface area contributed by atoms with Gasteiger partial charge in [0.05, 0.1) is 0 Å². The van der Waals surface area contributed by atoms with Crippen molar-refractivity contribution in [1.82, 2.24) is 0 Å². The maximum atomic E-state index is 12.8. The highest BCUT2D eigenvalue weighted by molar-refractivity contribution is 5.95.